The highest BCUT2D eigenvalue weighted by Crippen LogP contribution is 2.36. The van der Waals surface area contributed by atoms with Gasteiger partial charge in [0.25, 0.3) is 11.8 Å². The average molecular weight is 363 g/mol. The topological polar surface area (TPSA) is 63.7 Å². The van der Waals surface area contributed by atoms with Crippen molar-refractivity contribution >= 4 is 17.8 Å². The predicted octanol–water partition coefficient (Wildman–Crippen LogP) is 3.30. The molecule has 0 N–H and O–H groups in total. The SMILES string of the molecule is CC(C(=O)Oc1ccccc1C(F)(F)F)N1C(=O)c2ccccc2C1=O. The highest BCUT2D eigenvalue weighted by Gasteiger charge is 2.42. The van der Waals surface area contributed by atoms with Crippen LogP contribution in [0.1, 0.15) is 33.2 Å². The summed E-state index contributed by atoms with van der Waals surface area (Å²) in [4.78, 5) is 37.7. The number of hydrogen-bond donors (Lipinski definition) is 0. The standard InChI is InChI=1S/C18H12F3NO4/c1-10(22-15(23)11-6-2-3-7-12(11)16(22)24)17(25)26-14-9-5-4-8-13(14)18(19,20)21/h2-10H,1H3. The van der Waals surface area contributed by atoms with Crippen LogP contribution in [0.2, 0.25) is 0 Å². The van der Waals surface area contributed by atoms with E-state index in [1.54, 1.807) is 12.1 Å². The van der Waals surface area contributed by atoms with E-state index in [1.807, 2.05) is 0 Å². The Balaban J connectivity index is 1.85. The van der Waals surface area contributed by atoms with Gasteiger partial charge in [0.2, 0.25) is 0 Å². The number of fused-ring (bicyclic) bond motifs is 1. The molecular formula is C18H12F3NO4. The van der Waals surface area contributed by atoms with Gasteiger partial charge in [-0.3, -0.25) is 14.5 Å². The lowest BCUT2D eigenvalue weighted by Crippen LogP contribution is -2.44. The van der Waals surface area contributed by atoms with Crippen LogP contribution in [0.3, 0.4) is 0 Å². The van der Waals surface area contributed by atoms with Gasteiger partial charge in [0.15, 0.2) is 0 Å². The summed E-state index contributed by atoms with van der Waals surface area (Å²) < 4.78 is 43.8. The molecule has 5 nitrogen and oxygen atoms in total. The van der Waals surface area contributed by atoms with Crippen molar-refractivity contribution in [3.63, 3.8) is 0 Å². The van der Waals surface area contributed by atoms with Gasteiger partial charge >= 0.3 is 12.1 Å². The molecule has 0 aromatic heterocycles. The van der Waals surface area contributed by atoms with Gasteiger partial charge in [0.05, 0.1) is 16.7 Å². The molecule has 0 radical (unpaired) electrons. The van der Waals surface area contributed by atoms with E-state index in [0.717, 1.165) is 18.2 Å². The normalized spacial score (nSPS) is 15.0. The van der Waals surface area contributed by atoms with E-state index >= 15 is 0 Å². The number of hydrogen-bond acceptors (Lipinski definition) is 4. The second-order valence-corrected chi connectivity index (χ2v) is 5.62. The van der Waals surface area contributed by atoms with E-state index in [0.29, 0.717) is 4.90 Å². The van der Waals surface area contributed by atoms with Crippen LogP contribution in [-0.4, -0.2) is 28.7 Å². The minimum atomic E-state index is -4.71. The molecule has 0 bridgehead atoms. The Hall–Kier alpha value is -3.16. The Labute approximate surface area is 146 Å². The van der Waals surface area contributed by atoms with Crippen LogP contribution in [0.25, 0.3) is 0 Å². The van der Waals surface area contributed by atoms with Crippen molar-refractivity contribution in [1.82, 2.24) is 4.90 Å². The molecule has 0 fully saturated rings. The van der Waals surface area contributed by atoms with Gasteiger partial charge < -0.3 is 4.74 Å². The van der Waals surface area contributed by atoms with Crippen LogP contribution in [0.5, 0.6) is 5.75 Å². The van der Waals surface area contributed by atoms with Gasteiger partial charge in [-0.25, -0.2) is 4.79 Å². The first-order valence-electron chi connectivity index (χ1n) is 7.56. The Morgan fingerprint density at radius 1 is 0.962 bits per heavy atom. The largest absolute Gasteiger partial charge is 0.424 e. The summed E-state index contributed by atoms with van der Waals surface area (Å²) in [5.41, 5.74) is -0.858. The first kappa shape index (κ1) is 17.7. The molecule has 0 aliphatic carbocycles. The molecule has 2 amide bonds. The Morgan fingerprint density at radius 3 is 2.00 bits per heavy atom. The molecule has 0 saturated carbocycles. The third kappa shape index (κ3) is 2.94. The molecule has 2 aromatic carbocycles. The quantitative estimate of drug-likeness (QED) is 0.477. The average Bonchev–Trinajstić information content (AvgIpc) is 2.85. The number of alkyl halides is 3. The number of nitrogens with zero attached hydrogens (tertiary/aromatic N) is 1. The van der Waals surface area contributed by atoms with Crippen molar-refractivity contribution in [3.05, 3.63) is 65.2 Å². The second kappa shape index (κ2) is 6.29. The smallest absolute Gasteiger partial charge is 0.419 e. The van der Waals surface area contributed by atoms with Crippen LogP contribution in [0.4, 0.5) is 13.2 Å². The lowest BCUT2D eigenvalue weighted by atomic mass is 10.1. The highest BCUT2D eigenvalue weighted by molar-refractivity contribution is 6.22. The molecule has 1 aliphatic heterocycles. The molecule has 1 atom stereocenters. The molecule has 2 aromatic rings. The van der Waals surface area contributed by atoms with Gasteiger partial charge in [-0.15, -0.1) is 0 Å². The molecule has 134 valence electrons. The van der Waals surface area contributed by atoms with Gasteiger partial charge in [-0.2, -0.15) is 13.2 Å². The number of halogens is 3. The minimum absolute atomic E-state index is 0.132. The van der Waals surface area contributed by atoms with Gasteiger partial charge in [0, 0.05) is 0 Å². The zero-order valence-electron chi connectivity index (χ0n) is 13.4. The molecule has 0 saturated heterocycles. The summed E-state index contributed by atoms with van der Waals surface area (Å²) in [7, 11) is 0. The number of carbonyl (C=O) groups excluding carboxylic acids is 3. The molecule has 3 rings (SSSR count). The van der Waals surface area contributed by atoms with Crippen LogP contribution in [0.15, 0.2) is 48.5 Å². The van der Waals surface area contributed by atoms with Crippen LogP contribution < -0.4 is 4.74 Å². The second-order valence-electron chi connectivity index (χ2n) is 5.62. The van der Waals surface area contributed by atoms with E-state index < -0.39 is 41.3 Å². The molecule has 0 spiro atoms. The van der Waals surface area contributed by atoms with E-state index in [1.165, 1.54) is 25.1 Å². The molecule has 1 heterocycles. The van der Waals surface area contributed by atoms with Crippen molar-refractivity contribution in [2.75, 3.05) is 0 Å². The summed E-state index contributed by atoms with van der Waals surface area (Å²) in [6.45, 7) is 1.22. The number of amides is 2. The first-order valence-corrected chi connectivity index (χ1v) is 7.56. The minimum Gasteiger partial charge on any atom is -0.424 e. The van der Waals surface area contributed by atoms with E-state index in [9.17, 15) is 27.6 Å². The van der Waals surface area contributed by atoms with Gasteiger partial charge in [-0.1, -0.05) is 24.3 Å². The Morgan fingerprint density at radius 2 is 1.46 bits per heavy atom. The van der Waals surface area contributed by atoms with Crippen LogP contribution >= 0.6 is 0 Å². The third-order valence-corrected chi connectivity index (χ3v) is 3.96. The van der Waals surface area contributed by atoms with Crippen LogP contribution in [-0.2, 0) is 11.0 Å². The number of carbonyl (C=O) groups is 3. The van der Waals surface area contributed by atoms with E-state index in [4.69, 9.17) is 4.74 Å². The molecule has 8 heteroatoms. The van der Waals surface area contributed by atoms with Gasteiger partial charge in [-0.05, 0) is 31.2 Å². The lowest BCUT2D eigenvalue weighted by Gasteiger charge is -2.21. The number of para-hydroxylation sites is 1. The summed E-state index contributed by atoms with van der Waals surface area (Å²) >= 11 is 0. The van der Waals surface area contributed by atoms with E-state index in [-0.39, 0.29) is 11.1 Å². The van der Waals surface area contributed by atoms with Crippen LogP contribution in [0, 0.1) is 0 Å². The molecular weight excluding hydrogens is 351 g/mol. The number of imide groups is 1. The zero-order valence-corrected chi connectivity index (χ0v) is 13.4. The number of rotatable bonds is 3. The maximum absolute atomic E-state index is 13.0. The van der Waals surface area contributed by atoms with Gasteiger partial charge in [0.1, 0.15) is 11.8 Å². The molecule has 1 unspecified atom stereocenters. The van der Waals surface area contributed by atoms with Crippen molar-refractivity contribution in [1.29, 1.82) is 0 Å². The fourth-order valence-electron chi connectivity index (χ4n) is 2.65. The molecule has 1 aliphatic rings. The van der Waals surface area contributed by atoms with Crippen molar-refractivity contribution in [3.8, 4) is 5.75 Å². The highest BCUT2D eigenvalue weighted by atomic mass is 19.4. The number of ether oxygens (including phenoxy) is 1. The Kier molecular flexibility index (Phi) is 4.27. The summed E-state index contributed by atoms with van der Waals surface area (Å²) in [5, 5.41) is 0. The number of benzene rings is 2. The maximum atomic E-state index is 13.0. The van der Waals surface area contributed by atoms with Crippen molar-refractivity contribution in [2.24, 2.45) is 0 Å². The first-order chi connectivity index (χ1) is 12.2. The van der Waals surface area contributed by atoms with E-state index in [2.05, 4.69) is 0 Å². The fraction of sp³-hybridized carbons (Fsp3) is 0.167. The molecule has 26 heavy (non-hydrogen) atoms. The lowest BCUT2D eigenvalue weighted by molar-refractivity contribution is -0.144. The predicted molar refractivity (Wildman–Crippen MR) is 83.5 cm³/mol. The zero-order chi connectivity index (χ0) is 19.1. The van der Waals surface area contributed by atoms with Crippen molar-refractivity contribution in [2.45, 2.75) is 19.1 Å². The summed E-state index contributed by atoms with van der Waals surface area (Å²) in [5.74, 6) is -3.22. The monoisotopic (exact) mass is 363 g/mol. The third-order valence-electron chi connectivity index (χ3n) is 3.96. The maximum Gasteiger partial charge on any atom is 0.419 e. The Bertz CT molecular complexity index is 872. The number of esters is 1. The fourth-order valence-corrected chi connectivity index (χ4v) is 2.65. The van der Waals surface area contributed by atoms with Crippen molar-refractivity contribution < 1.29 is 32.3 Å². The summed E-state index contributed by atoms with van der Waals surface area (Å²) in [6, 6.07) is 8.83. The summed E-state index contributed by atoms with van der Waals surface area (Å²) in [6.07, 6.45) is -4.71.